The Bertz CT molecular complexity index is 642. The minimum atomic E-state index is -0.791. The van der Waals surface area contributed by atoms with E-state index < -0.39 is 11.8 Å². The van der Waals surface area contributed by atoms with Crippen LogP contribution in [0.2, 0.25) is 0 Å². The summed E-state index contributed by atoms with van der Waals surface area (Å²) < 4.78 is 0. The van der Waals surface area contributed by atoms with Crippen LogP contribution in [0.4, 0.5) is 5.69 Å². The van der Waals surface area contributed by atoms with E-state index in [4.69, 9.17) is 11.0 Å². The third-order valence-electron chi connectivity index (χ3n) is 3.67. The van der Waals surface area contributed by atoms with Gasteiger partial charge in [-0.1, -0.05) is 12.1 Å². The molecule has 1 aliphatic heterocycles. The lowest BCUT2D eigenvalue weighted by Gasteiger charge is -2.29. The summed E-state index contributed by atoms with van der Waals surface area (Å²) in [5, 5.41) is 11.4. The summed E-state index contributed by atoms with van der Waals surface area (Å²) in [6, 6.07) is 8.40. The topological polar surface area (TPSA) is 116 Å². The van der Waals surface area contributed by atoms with Crippen molar-refractivity contribution in [3.05, 3.63) is 29.8 Å². The molecule has 114 valence electrons. The first kappa shape index (κ1) is 15.5. The van der Waals surface area contributed by atoms with Crippen molar-refractivity contribution in [2.24, 2.45) is 11.7 Å². The third-order valence-corrected chi connectivity index (χ3v) is 3.67. The van der Waals surface area contributed by atoms with Crippen molar-refractivity contribution in [2.75, 3.05) is 18.4 Å². The average Bonchev–Trinajstić information content (AvgIpc) is 2.54. The van der Waals surface area contributed by atoms with E-state index in [1.165, 1.54) is 4.90 Å². The van der Waals surface area contributed by atoms with Crippen LogP contribution in [0.5, 0.6) is 0 Å². The molecule has 0 spiro atoms. The van der Waals surface area contributed by atoms with Crippen LogP contribution in [-0.4, -0.2) is 35.7 Å². The Morgan fingerprint density at radius 3 is 2.45 bits per heavy atom. The molecule has 0 bridgehead atoms. The van der Waals surface area contributed by atoms with Gasteiger partial charge in [-0.25, -0.2) is 0 Å². The van der Waals surface area contributed by atoms with E-state index in [0.717, 1.165) is 0 Å². The number of carbonyl (C=O) groups excluding carboxylic acids is 3. The number of benzene rings is 1. The molecule has 1 aliphatic rings. The Labute approximate surface area is 127 Å². The Morgan fingerprint density at radius 2 is 1.86 bits per heavy atom. The predicted molar refractivity (Wildman–Crippen MR) is 78.3 cm³/mol. The maximum absolute atomic E-state index is 12.1. The molecule has 0 unspecified atom stereocenters. The van der Waals surface area contributed by atoms with Crippen molar-refractivity contribution in [1.29, 1.82) is 5.26 Å². The van der Waals surface area contributed by atoms with Gasteiger partial charge in [0.2, 0.25) is 5.91 Å². The largest absolute Gasteiger partial charge is 0.369 e. The molecule has 1 aromatic rings. The van der Waals surface area contributed by atoms with Gasteiger partial charge >= 0.3 is 11.8 Å². The molecule has 0 aliphatic carbocycles. The van der Waals surface area contributed by atoms with Crippen LogP contribution >= 0.6 is 0 Å². The first-order valence-corrected chi connectivity index (χ1v) is 6.91. The Morgan fingerprint density at radius 1 is 1.23 bits per heavy atom. The van der Waals surface area contributed by atoms with Gasteiger partial charge in [-0.15, -0.1) is 0 Å². The van der Waals surface area contributed by atoms with E-state index in [-0.39, 0.29) is 17.4 Å². The van der Waals surface area contributed by atoms with Crippen LogP contribution in [-0.2, 0) is 14.4 Å². The number of piperidine rings is 1. The predicted octanol–water partition coefficient (Wildman–Crippen LogP) is 0.221. The van der Waals surface area contributed by atoms with Gasteiger partial charge in [0.05, 0.1) is 11.3 Å². The second-order valence-corrected chi connectivity index (χ2v) is 5.08. The highest BCUT2D eigenvalue weighted by molar-refractivity contribution is 6.39. The minimum absolute atomic E-state index is 0.244. The monoisotopic (exact) mass is 300 g/mol. The number of likely N-dealkylation sites (tertiary alicyclic amines) is 1. The molecule has 0 radical (unpaired) electrons. The highest BCUT2D eigenvalue weighted by atomic mass is 16.2. The fourth-order valence-corrected chi connectivity index (χ4v) is 2.38. The fourth-order valence-electron chi connectivity index (χ4n) is 2.38. The molecule has 1 saturated heterocycles. The van der Waals surface area contributed by atoms with Gasteiger partial charge in [0, 0.05) is 19.0 Å². The third kappa shape index (κ3) is 3.41. The zero-order chi connectivity index (χ0) is 16.1. The molecule has 7 heteroatoms. The zero-order valence-electron chi connectivity index (χ0n) is 11.9. The lowest BCUT2D eigenvalue weighted by atomic mass is 9.96. The summed E-state index contributed by atoms with van der Waals surface area (Å²) in [5.74, 6) is -2.08. The fraction of sp³-hybridized carbons (Fsp3) is 0.333. The first-order valence-electron chi connectivity index (χ1n) is 6.91. The maximum atomic E-state index is 12.1. The lowest BCUT2D eigenvalue weighted by Crippen LogP contribution is -2.46. The van der Waals surface area contributed by atoms with E-state index in [1.807, 2.05) is 6.07 Å². The molecular formula is C15H16N4O3. The number of nitriles is 1. The smallest absolute Gasteiger partial charge is 0.313 e. The normalized spacial score (nSPS) is 15.0. The Kier molecular flexibility index (Phi) is 4.73. The van der Waals surface area contributed by atoms with Crippen molar-refractivity contribution in [2.45, 2.75) is 12.8 Å². The van der Waals surface area contributed by atoms with Crippen molar-refractivity contribution >= 4 is 23.4 Å². The number of hydrogen-bond donors (Lipinski definition) is 2. The Balaban J connectivity index is 1.97. The van der Waals surface area contributed by atoms with Gasteiger partial charge in [0.25, 0.3) is 0 Å². The highest BCUT2D eigenvalue weighted by Gasteiger charge is 2.29. The maximum Gasteiger partial charge on any atom is 0.313 e. The number of rotatable bonds is 2. The van der Waals surface area contributed by atoms with Gasteiger partial charge in [-0.3, -0.25) is 14.4 Å². The molecule has 22 heavy (non-hydrogen) atoms. The van der Waals surface area contributed by atoms with Crippen LogP contribution in [0, 0.1) is 17.2 Å². The second-order valence-electron chi connectivity index (χ2n) is 5.08. The van der Waals surface area contributed by atoms with E-state index in [1.54, 1.807) is 24.3 Å². The lowest BCUT2D eigenvalue weighted by molar-refractivity contribution is -0.144. The standard InChI is InChI=1S/C15H16N4O3/c16-9-11-3-1-2-4-12(11)18-14(21)15(22)19-7-5-10(6-8-19)13(17)20/h1-4,10H,5-8H2,(H2,17,20)(H,18,21). The van der Waals surface area contributed by atoms with Crippen LogP contribution in [0.1, 0.15) is 18.4 Å². The zero-order valence-corrected chi connectivity index (χ0v) is 11.9. The quantitative estimate of drug-likeness (QED) is 0.760. The molecule has 3 N–H and O–H groups in total. The number of carbonyl (C=O) groups is 3. The van der Waals surface area contributed by atoms with Gasteiger partial charge in [-0.2, -0.15) is 5.26 Å². The molecule has 1 heterocycles. The molecule has 3 amide bonds. The van der Waals surface area contributed by atoms with Gasteiger partial charge < -0.3 is 16.0 Å². The molecular weight excluding hydrogens is 284 g/mol. The molecule has 0 saturated carbocycles. The molecule has 7 nitrogen and oxygen atoms in total. The van der Waals surface area contributed by atoms with E-state index in [0.29, 0.717) is 31.6 Å². The van der Waals surface area contributed by atoms with Crippen LogP contribution in [0.15, 0.2) is 24.3 Å². The molecule has 1 aromatic carbocycles. The molecule has 0 aromatic heterocycles. The SMILES string of the molecule is N#Cc1ccccc1NC(=O)C(=O)N1CCC(C(N)=O)CC1. The van der Waals surface area contributed by atoms with E-state index in [9.17, 15) is 14.4 Å². The molecule has 1 fully saturated rings. The number of primary amides is 1. The molecule has 2 rings (SSSR count). The summed E-state index contributed by atoms with van der Waals surface area (Å²) in [4.78, 5) is 36.6. The minimum Gasteiger partial charge on any atom is -0.369 e. The van der Waals surface area contributed by atoms with Crippen molar-refractivity contribution < 1.29 is 14.4 Å². The number of amides is 3. The van der Waals surface area contributed by atoms with Crippen molar-refractivity contribution in [1.82, 2.24) is 4.90 Å². The molecule has 0 atom stereocenters. The van der Waals surface area contributed by atoms with Crippen LogP contribution < -0.4 is 11.1 Å². The van der Waals surface area contributed by atoms with Crippen molar-refractivity contribution in [3.8, 4) is 6.07 Å². The number of nitrogens with zero attached hydrogens (tertiary/aromatic N) is 2. The Hall–Kier alpha value is -2.88. The summed E-state index contributed by atoms with van der Waals surface area (Å²) in [6.45, 7) is 0.638. The van der Waals surface area contributed by atoms with Gasteiger partial charge in [-0.05, 0) is 25.0 Å². The second kappa shape index (κ2) is 6.72. The summed E-state index contributed by atoms with van der Waals surface area (Å²) in [6.07, 6.45) is 0.923. The average molecular weight is 300 g/mol. The number of nitrogens with one attached hydrogen (secondary N) is 1. The number of hydrogen-bond acceptors (Lipinski definition) is 4. The summed E-state index contributed by atoms with van der Waals surface area (Å²) >= 11 is 0. The van der Waals surface area contributed by atoms with E-state index in [2.05, 4.69) is 5.32 Å². The number of nitrogens with two attached hydrogens (primary N) is 1. The van der Waals surface area contributed by atoms with Gasteiger partial charge in [0.15, 0.2) is 0 Å². The van der Waals surface area contributed by atoms with E-state index >= 15 is 0 Å². The highest BCUT2D eigenvalue weighted by Crippen LogP contribution is 2.18. The first-order chi connectivity index (χ1) is 10.5. The summed E-state index contributed by atoms with van der Waals surface area (Å²) in [5.41, 5.74) is 5.82. The number of anilines is 1. The van der Waals surface area contributed by atoms with Crippen molar-refractivity contribution in [3.63, 3.8) is 0 Å². The van der Waals surface area contributed by atoms with Crippen LogP contribution in [0.3, 0.4) is 0 Å². The summed E-state index contributed by atoms with van der Waals surface area (Å²) in [7, 11) is 0. The van der Waals surface area contributed by atoms with Gasteiger partial charge in [0.1, 0.15) is 6.07 Å². The number of para-hydroxylation sites is 1. The van der Waals surface area contributed by atoms with Crippen LogP contribution in [0.25, 0.3) is 0 Å².